The minimum absolute atomic E-state index is 0.103. The van der Waals surface area contributed by atoms with E-state index in [0.717, 1.165) is 25.2 Å². The molecule has 1 aromatic heterocycles. The van der Waals surface area contributed by atoms with Gasteiger partial charge in [-0.1, -0.05) is 60.7 Å². The molecule has 2 saturated heterocycles. The van der Waals surface area contributed by atoms with Gasteiger partial charge in [0.2, 0.25) is 17.7 Å². The molecule has 2 aromatic carbocycles. The van der Waals surface area contributed by atoms with Crippen molar-refractivity contribution in [2.24, 2.45) is 0 Å². The maximum Gasteiger partial charge on any atom is 0.248 e. The summed E-state index contributed by atoms with van der Waals surface area (Å²) >= 11 is 0. The first kappa shape index (κ1) is 27.1. The zero-order chi connectivity index (χ0) is 27.4. The first-order chi connectivity index (χ1) is 19.0. The van der Waals surface area contributed by atoms with Crippen LogP contribution in [0.1, 0.15) is 28.4 Å². The lowest BCUT2D eigenvalue weighted by Gasteiger charge is -2.53. The molecule has 206 valence electrons. The number of carbonyl (C=O) groups is 1. The number of hydrogen-bond acceptors (Lipinski definition) is 8. The fourth-order valence-electron chi connectivity index (χ4n) is 6.16. The fraction of sp³-hybridized carbons (Fsp3) is 0.433. The van der Waals surface area contributed by atoms with Crippen LogP contribution in [-0.2, 0) is 11.3 Å². The number of piperazine rings is 2. The number of methoxy groups -OCH3 is 2. The van der Waals surface area contributed by atoms with E-state index in [1.807, 2.05) is 6.92 Å². The summed E-state index contributed by atoms with van der Waals surface area (Å²) in [4.78, 5) is 28.2. The van der Waals surface area contributed by atoms with Crippen molar-refractivity contribution >= 4 is 5.91 Å². The monoisotopic (exact) mass is 531 g/mol. The molecule has 5 rings (SSSR count). The number of hydrogen-bond donors (Lipinski definition) is 1. The van der Waals surface area contributed by atoms with E-state index in [-0.39, 0.29) is 23.9 Å². The van der Waals surface area contributed by atoms with E-state index < -0.39 is 6.61 Å². The molecule has 2 fully saturated rings. The van der Waals surface area contributed by atoms with Gasteiger partial charge in [0.05, 0.1) is 19.8 Å². The molecule has 0 aliphatic carbocycles. The highest BCUT2D eigenvalue weighted by atomic mass is 16.5. The van der Waals surface area contributed by atoms with E-state index in [9.17, 15) is 9.90 Å². The summed E-state index contributed by atoms with van der Waals surface area (Å²) in [6.45, 7) is 5.40. The Bertz CT molecular complexity index is 1190. The summed E-state index contributed by atoms with van der Waals surface area (Å²) in [6.07, 6.45) is 0. The lowest BCUT2D eigenvalue weighted by Crippen LogP contribution is -2.67. The second kappa shape index (κ2) is 12.1. The normalized spacial score (nSPS) is 20.1. The molecule has 2 aliphatic rings. The second-order valence-corrected chi connectivity index (χ2v) is 10.2. The van der Waals surface area contributed by atoms with E-state index in [2.05, 4.69) is 80.4 Å². The molecule has 0 saturated carbocycles. The van der Waals surface area contributed by atoms with E-state index >= 15 is 0 Å². The zero-order valence-corrected chi connectivity index (χ0v) is 22.9. The summed E-state index contributed by atoms with van der Waals surface area (Å²) in [6, 6.07) is 21.6. The topological polar surface area (TPSA) is 91.3 Å². The van der Waals surface area contributed by atoms with Crippen LogP contribution in [-0.4, -0.2) is 101 Å². The van der Waals surface area contributed by atoms with Crippen molar-refractivity contribution in [3.63, 3.8) is 0 Å². The highest BCUT2D eigenvalue weighted by Gasteiger charge is 2.43. The lowest BCUT2D eigenvalue weighted by molar-refractivity contribution is -0.139. The van der Waals surface area contributed by atoms with Crippen molar-refractivity contribution in [3.05, 3.63) is 83.2 Å². The molecular formula is C30H37N5O4. The fourth-order valence-corrected chi connectivity index (χ4v) is 6.16. The largest absolute Gasteiger partial charge is 0.481 e. The van der Waals surface area contributed by atoms with Crippen molar-refractivity contribution in [1.29, 1.82) is 0 Å². The van der Waals surface area contributed by atoms with Crippen LogP contribution >= 0.6 is 0 Å². The number of rotatable bonds is 8. The maximum atomic E-state index is 12.5. The third-order valence-electron chi connectivity index (χ3n) is 7.87. The van der Waals surface area contributed by atoms with Crippen molar-refractivity contribution in [3.8, 4) is 11.8 Å². The minimum Gasteiger partial charge on any atom is -0.481 e. The molecule has 0 unspecified atom stereocenters. The molecule has 3 heterocycles. The molecule has 0 bridgehead atoms. The predicted molar refractivity (Wildman–Crippen MR) is 148 cm³/mol. The average molecular weight is 532 g/mol. The van der Waals surface area contributed by atoms with Crippen LogP contribution in [0.15, 0.2) is 60.7 Å². The van der Waals surface area contributed by atoms with E-state index in [0.29, 0.717) is 37.2 Å². The Morgan fingerprint density at radius 1 is 0.923 bits per heavy atom. The molecule has 1 N–H and O–H groups in total. The number of aliphatic hydroxyl groups is 1. The molecular weight excluding hydrogens is 494 g/mol. The average Bonchev–Trinajstić information content (AvgIpc) is 2.98. The Labute approximate surface area is 230 Å². The van der Waals surface area contributed by atoms with Gasteiger partial charge in [-0.15, -0.1) is 0 Å². The number of fused-ring (bicyclic) bond motifs is 1. The minimum atomic E-state index is -0.467. The number of carbonyl (C=O) groups excluding carboxylic acids is 1. The number of aryl methyl sites for hydroxylation is 1. The third kappa shape index (κ3) is 5.75. The molecule has 9 nitrogen and oxygen atoms in total. The Kier molecular flexibility index (Phi) is 8.40. The van der Waals surface area contributed by atoms with Crippen LogP contribution < -0.4 is 9.47 Å². The molecule has 0 spiro atoms. The van der Waals surface area contributed by atoms with Crippen LogP contribution in [0.25, 0.3) is 0 Å². The molecule has 1 amide bonds. The van der Waals surface area contributed by atoms with Gasteiger partial charge in [0, 0.05) is 57.3 Å². The number of nitrogens with zero attached hydrogens (tertiary/aromatic N) is 5. The second-order valence-electron chi connectivity index (χ2n) is 10.2. The molecule has 2 aliphatic heterocycles. The van der Waals surface area contributed by atoms with Gasteiger partial charge < -0.3 is 19.5 Å². The van der Waals surface area contributed by atoms with Gasteiger partial charge >= 0.3 is 0 Å². The van der Waals surface area contributed by atoms with Crippen molar-refractivity contribution in [1.82, 2.24) is 24.7 Å². The Morgan fingerprint density at radius 2 is 1.51 bits per heavy atom. The van der Waals surface area contributed by atoms with E-state index in [1.54, 1.807) is 19.1 Å². The number of ether oxygens (including phenoxy) is 2. The van der Waals surface area contributed by atoms with Crippen LogP contribution in [0.4, 0.5) is 0 Å². The van der Waals surface area contributed by atoms with Gasteiger partial charge in [-0.3, -0.25) is 14.6 Å². The third-order valence-corrected chi connectivity index (χ3v) is 7.87. The molecule has 3 aromatic rings. The van der Waals surface area contributed by atoms with Crippen molar-refractivity contribution in [2.45, 2.75) is 31.5 Å². The number of aromatic nitrogens is 2. The Morgan fingerprint density at radius 3 is 2.05 bits per heavy atom. The number of benzene rings is 2. The molecule has 2 atom stereocenters. The summed E-state index contributed by atoms with van der Waals surface area (Å²) in [5, 5.41) is 9.55. The van der Waals surface area contributed by atoms with Gasteiger partial charge in [-0.05, 0) is 18.1 Å². The van der Waals surface area contributed by atoms with Gasteiger partial charge in [0.25, 0.3) is 0 Å². The smallest absolute Gasteiger partial charge is 0.248 e. The number of amides is 1. The highest BCUT2D eigenvalue weighted by molar-refractivity contribution is 5.77. The zero-order valence-electron chi connectivity index (χ0n) is 22.9. The Hall–Kier alpha value is -3.53. The summed E-state index contributed by atoms with van der Waals surface area (Å²) in [5.41, 5.74) is 3.34. The SMILES string of the molecule is COc1nc(C)nc(OC)c1CN1C[C@@H]2CN(C(=O)CO)CCN2[C@H](C(c2ccccc2)c2ccccc2)C1. The standard InChI is InChI=1S/C30H37N5O4/c1-21-31-29(38-2)25(30(32-21)39-3)18-33-16-24-17-34(27(37)20-36)14-15-35(24)26(19-33)28(22-10-6-4-7-11-22)23-12-8-5-9-13-23/h4-13,24,26,28,36H,14-20H2,1-3H3/t24-,26+/m1/s1. The molecule has 39 heavy (non-hydrogen) atoms. The van der Waals surface area contributed by atoms with Gasteiger partial charge in [0.15, 0.2) is 0 Å². The molecule has 9 heteroatoms. The predicted octanol–water partition coefficient (Wildman–Crippen LogP) is 2.32. The van der Waals surface area contributed by atoms with Gasteiger partial charge in [-0.2, -0.15) is 9.97 Å². The van der Waals surface area contributed by atoms with E-state index in [1.165, 1.54) is 11.1 Å². The first-order valence-corrected chi connectivity index (χ1v) is 13.4. The van der Waals surface area contributed by atoms with Crippen molar-refractivity contribution < 1.29 is 19.4 Å². The van der Waals surface area contributed by atoms with Gasteiger partial charge in [0.1, 0.15) is 12.4 Å². The summed E-state index contributed by atoms with van der Waals surface area (Å²) < 4.78 is 11.3. The van der Waals surface area contributed by atoms with Crippen LogP contribution in [0.5, 0.6) is 11.8 Å². The highest BCUT2D eigenvalue weighted by Crippen LogP contribution is 2.37. The van der Waals surface area contributed by atoms with Crippen molar-refractivity contribution in [2.75, 3.05) is 53.6 Å². The van der Waals surface area contributed by atoms with E-state index in [4.69, 9.17) is 9.47 Å². The van der Waals surface area contributed by atoms with Crippen LogP contribution in [0.3, 0.4) is 0 Å². The maximum absolute atomic E-state index is 12.5. The van der Waals surface area contributed by atoms with Crippen LogP contribution in [0, 0.1) is 6.92 Å². The van der Waals surface area contributed by atoms with Gasteiger partial charge in [-0.25, -0.2) is 0 Å². The Balaban J connectivity index is 1.54. The lowest BCUT2D eigenvalue weighted by atomic mass is 9.81. The first-order valence-electron chi connectivity index (χ1n) is 13.4. The quantitative estimate of drug-likeness (QED) is 0.474. The molecule has 0 radical (unpaired) electrons. The summed E-state index contributed by atoms with van der Waals surface area (Å²) in [5.74, 6) is 1.54. The number of aliphatic hydroxyl groups excluding tert-OH is 1. The van der Waals surface area contributed by atoms with Crippen LogP contribution in [0.2, 0.25) is 0 Å². The summed E-state index contributed by atoms with van der Waals surface area (Å²) in [7, 11) is 3.23.